The maximum Gasteiger partial charge on any atom is 0.260 e. The third-order valence-corrected chi connectivity index (χ3v) is 1.75. The zero-order valence-corrected chi connectivity index (χ0v) is 8.72. The van der Waals surface area contributed by atoms with Gasteiger partial charge < -0.3 is 19.4 Å². The van der Waals surface area contributed by atoms with Crippen LogP contribution in [0.4, 0.5) is 0 Å². The Balaban J connectivity index is 3.27. The molecular formula is C9H12N2O4. The lowest BCUT2D eigenvalue weighted by atomic mass is 10.3. The van der Waals surface area contributed by atoms with Crippen molar-refractivity contribution in [3.05, 3.63) is 11.6 Å². The standard InChI is InChI=1S/C9H12N2O4/c1-13-7-4-6(5-10-12)8(14-2)11-9(7)15-3/h4-5,12H,1-3H3/b10-5+. The lowest BCUT2D eigenvalue weighted by Crippen LogP contribution is -2.00. The zero-order valence-electron chi connectivity index (χ0n) is 8.72. The van der Waals surface area contributed by atoms with Crippen molar-refractivity contribution in [2.24, 2.45) is 5.16 Å². The van der Waals surface area contributed by atoms with Crippen LogP contribution >= 0.6 is 0 Å². The molecule has 1 aromatic heterocycles. The molecule has 0 radical (unpaired) electrons. The summed E-state index contributed by atoms with van der Waals surface area (Å²) in [6, 6.07) is 1.60. The number of oxime groups is 1. The van der Waals surface area contributed by atoms with Crippen LogP contribution in [0.1, 0.15) is 5.56 Å². The minimum Gasteiger partial charge on any atom is -0.491 e. The summed E-state index contributed by atoms with van der Waals surface area (Å²) < 4.78 is 15.0. The maximum absolute atomic E-state index is 8.44. The molecule has 1 heterocycles. The summed E-state index contributed by atoms with van der Waals surface area (Å²) in [6.07, 6.45) is 1.20. The first-order valence-electron chi connectivity index (χ1n) is 4.11. The van der Waals surface area contributed by atoms with E-state index in [9.17, 15) is 0 Å². The Labute approximate surface area is 87.1 Å². The molecule has 0 fully saturated rings. The normalized spacial score (nSPS) is 10.3. The molecule has 15 heavy (non-hydrogen) atoms. The molecule has 6 heteroatoms. The number of ether oxygens (including phenoxy) is 3. The minimum absolute atomic E-state index is 0.297. The lowest BCUT2D eigenvalue weighted by molar-refractivity contribution is 0.319. The average Bonchev–Trinajstić information content (AvgIpc) is 2.28. The summed E-state index contributed by atoms with van der Waals surface area (Å²) in [7, 11) is 4.43. The number of methoxy groups -OCH3 is 3. The molecule has 0 saturated carbocycles. The number of aromatic nitrogens is 1. The van der Waals surface area contributed by atoms with Crippen LogP contribution < -0.4 is 14.2 Å². The molecule has 0 aliphatic carbocycles. The molecule has 1 rings (SSSR count). The number of nitrogens with zero attached hydrogens (tertiary/aromatic N) is 2. The number of rotatable bonds is 4. The highest BCUT2D eigenvalue weighted by molar-refractivity contribution is 5.83. The van der Waals surface area contributed by atoms with Crippen molar-refractivity contribution in [3.8, 4) is 17.5 Å². The molecular weight excluding hydrogens is 200 g/mol. The molecule has 0 amide bonds. The van der Waals surface area contributed by atoms with E-state index in [1.54, 1.807) is 6.07 Å². The van der Waals surface area contributed by atoms with Crippen LogP contribution in [0.3, 0.4) is 0 Å². The van der Waals surface area contributed by atoms with E-state index >= 15 is 0 Å². The van der Waals surface area contributed by atoms with E-state index in [0.29, 0.717) is 23.1 Å². The van der Waals surface area contributed by atoms with Gasteiger partial charge in [-0.05, 0) is 0 Å². The molecule has 1 aromatic rings. The molecule has 0 unspecified atom stereocenters. The minimum atomic E-state index is 0.297. The molecule has 0 spiro atoms. The van der Waals surface area contributed by atoms with E-state index in [-0.39, 0.29) is 0 Å². The Morgan fingerprint density at radius 3 is 2.33 bits per heavy atom. The largest absolute Gasteiger partial charge is 0.491 e. The number of hydrogen-bond donors (Lipinski definition) is 1. The fraction of sp³-hybridized carbons (Fsp3) is 0.333. The van der Waals surface area contributed by atoms with Gasteiger partial charge in [-0.3, -0.25) is 0 Å². The van der Waals surface area contributed by atoms with Gasteiger partial charge in [0.2, 0.25) is 5.88 Å². The molecule has 0 atom stereocenters. The molecule has 0 saturated heterocycles. The molecule has 1 N–H and O–H groups in total. The van der Waals surface area contributed by atoms with Crippen LogP contribution in [-0.2, 0) is 0 Å². The Kier molecular flexibility index (Phi) is 3.73. The maximum atomic E-state index is 8.44. The second-order valence-electron chi connectivity index (χ2n) is 2.54. The van der Waals surface area contributed by atoms with E-state index < -0.39 is 0 Å². The van der Waals surface area contributed by atoms with Gasteiger partial charge in [0.05, 0.1) is 33.1 Å². The summed E-state index contributed by atoms with van der Waals surface area (Å²) in [5, 5.41) is 11.3. The van der Waals surface area contributed by atoms with Gasteiger partial charge in [0.1, 0.15) is 0 Å². The highest BCUT2D eigenvalue weighted by atomic mass is 16.5. The van der Waals surface area contributed by atoms with Gasteiger partial charge in [0, 0.05) is 6.07 Å². The van der Waals surface area contributed by atoms with Crippen LogP contribution in [0.5, 0.6) is 17.5 Å². The van der Waals surface area contributed by atoms with E-state index in [0.717, 1.165) is 0 Å². The van der Waals surface area contributed by atoms with Crippen molar-refractivity contribution >= 4 is 6.21 Å². The van der Waals surface area contributed by atoms with E-state index in [2.05, 4.69) is 10.1 Å². The third-order valence-electron chi connectivity index (χ3n) is 1.75. The first-order chi connectivity index (χ1) is 7.26. The van der Waals surface area contributed by atoms with Crippen LogP contribution in [0.2, 0.25) is 0 Å². The SMILES string of the molecule is COc1cc(/C=N/O)c(OC)nc1OC. The van der Waals surface area contributed by atoms with Crippen molar-refractivity contribution in [1.82, 2.24) is 4.98 Å². The smallest absolute Gasteiger partial charge is 0.260 e. The van der Waals surface area contributed by atoms with E-state index in [1.807, 2.05) is 0 Å². The Morgan fingerprint density at radius 1 is 1.20 bits per heavy atom. The summed E-state index contributed by atoms with van der Waals surface area (Å²) in [6.45, 7) is 0. The summed E-state index contributed by atoms with van der Waals surface area (Å²) >= 11 is 0. The van der Waals surface area contributed by atoms with Crippen molar-refractivity contribution in [3.63, 3.8) is 0 Å². The second-order valence-corrected chi connectivity index (χ2v) is 2.54. The summed E-state index contributed by atoms with van der Waals surface area (Å²) in [4.78, 5) is 4.03. The van der Waals surface area contributed by atoms with Crippen molar-refractivity contribution in [1.29, 1.82) is 0 Å². The molecule has 0 aliphatic heterocycles. The van der Waals surface area contributed by atoms with E-state index in [1.165, 1.54) is 27.5 Å². The Morgan fingerprint density at radius 2 is 1.87 bits per heavy atom. The van der Waals surface area contributed by atoms with Crippen LogP contribution in [-0.4, -0.2) is 37.7 Å². The lowest BCUT2D eigenvalue weighted by Gasteiger charge is -2.09. The van der Waals surface area contributed by atoms with Crippen molar-refractivity contribution in [2.45, 2.75) is 0 Å². The second kappa shape index (κ2) is 5.04. The van der Waals surface area contributed by atoms with Crippen molar-refractivity contribution < 1.29 is 19.4 Å². The van der Waals surface area contributed by atoms with Crippen LogP contribution in [0, 0.1) is 0 Å². The van der Waals surface area contributed by atoms with Gasteiger partial charge >= 0.3 is 0 Å². The molecule has 0 bridgehead atoms. The first kappa shape index (κ1) is 11.1. The predicted octanol–water partition coefficient (Wildman–Crippen LogP) is 0.915. The fourth-order valence-electron chi connectivity index (χ4n) is 1.09. The van der Waals surface area contributed by atoms with Gasteiger partial charge in [0.15, 0.2) is 5.75 Å². The topological polar surface area (TPSA) is 73.2 Å². The first-order valence-corrected chi connectivity index (χ1v) is 4.11. The molecule has 0 aliphatic rings. The average molecular weight is 212 g/mol. The van der Waals surface area contributed by atoms with Gasteiger partial charge in [0.25, 0.3) is 5.88 Å². The highest BCUT2D eigenvalue weighted by Crippen LogP contribution is 2.29. The summed E-state index contributed by atoms with van der Waals surface area (Å²) in [5.41, 5.74) is 0.498. The zero-order chi connectivity index (χ0) is 11.3. The monoisotopic (exact) mass is 212 g/mol. The predicted molar refractivity (Wildman–Crippen MR) is 53.3 cm³/mol. The van der Waals surface area contributed by atoms with Crippen LogP contribution in [0.15, 0.2) is 11.2 Å². The van der Waals surface area contributed by atoms with Gasteiger partial charge in [-0.2, -0.15) is 4.98 Å². The number of hydrogen-bond acceptors (Lipinski definition) is 6. The fourth-order valence-corrected chi connectivity index (χ4v) is 1.09. The third kappa shape index (κ3) is 2.28. The molecule has 82 valence electrons. The van der Waals surface area contributed by atoms with E-state index in [4.69, 9.17) is 19.4 Å². The Bertz CT molecular complexity index is 365. The number of pyridine rings is 1. The van der Waals surface area contributed by atoms with Crippen molar-refractivity contribution in [2.75, 3.05) is 21.3 Å². The molecule has 6 nitrogen and oxygen atoms in total. The summed E-state index contributed by atoms with van der Waals surface area (Å²) in [5.74, 6) is 1.04. The van der Waals surface area contributed by atoms with Crippen LogP contribution in [0.25, 0.3) is 0 Å². The Hall–Kier alpha value is -1.98. The molecule has 0 aromatic carbocycles. The quantitative estimate of drug-likeness (QED) is 0.456. The highest BCUT2D eigenvalue weighted by Gasteiger charge is 2.12. The van der Waals surface area contributed by atoms with Gasteiger partial charge in [-0.15, -0.1) is 0 Å². The van der Waals surface area contributed by atoms with Gasteiger partial charge in [-0.1, -0.05) is 5.16 Å². The van der Waals surface area contributed by atoms with Gasteiger partial charge in [-0.25, -0.2) is 0 Å².